The maximum Gasteiger partial charge on any atom is 0.337 e. The molecule has 0 aliphatic carbocycles. The van der Waals surface area contributed by atoms with Gasteiger partial charge in [0.2, 0.25) is 0 Å². The fraction of sp³-hybridized carbons (Fsp3) is 0.100. The molecule has 7 heteroatoms. The number of benzene rings is 4. The molecule has 0 aliphatic rings. The number of phenols is 1. The second-order valence-electron chi connectivity index (χ2n) is 8.13. The van der Waals surface area contributed by atoms with Crippen LogP contribution in [0.4, 0.5) is 0 Å². The summed E-state index contributed by atoms with van der Waals surface area (Å²) in [4.78, 5) is 35.6. The van der Waals surface area contributed by atoms with Crippen molar-refractivity contribution >= 4 is 17.9 Å². The zero-order valence-corrected chi connectivity index (χ0v) is 20.5. The van der Waals surface area contributed by atoms with Crippen LogP contribution in [-0.4, -0.2) is 44.3 Å². The molecule has 186 valence electrons. The van der Waals surface area contributed by atoms with Crippen LogP contribution in [0.1, 0.15) is 31.1 Å². The van der Waals surface area contributed by atoms with Crippen LogP contribution in [0.15, 0.2) is 84.9 Å². The lowest BCUT2D eigenvalue weighted by Crippen LogP contribution is -2.01. The second-order valence-corrected chi connectivity index (χ2v) is 8.13. The van der Waals surface area contributed by atoms with E-state index >= 15 is 0 Å². The SMILES string of the molecule is COC(=O)c1ccc(-c2cc(-c3ccc(C(=O)OC)cc3)c(O)c(-c3ccc(C(=O)OC)cc3)c2)cc1. The zero-order chi connectivity index (χ0) is 26.5. The molecule has 0 amide bonds. The molecule has 0 aliphatic heterocycles. The van der Waals surface area contributed by atoms with Gasteiger partial charge in [0.15, 0.2) is 0 Å². The summed E-state index contributed by atoms with van der Waals surface area (Å²) in [5.74, 6) is -1.32. The molecule has 4 aromatic carbocycles. The lowest BCUT2D eigenvalue weighted by molar-refractivity contribution is 0.0592. The summed E-state index contributed by atoms with van der Waals surface area (Å²) in [6.45, 7) is 0. The van der Waals surface area contributed by atoms with Crippen molar-refractivity contribution in [1.29, 1.82) is 0 Å². The molecule has 0 saturated heterocycles. The van der Waals surface area contributed by atoms with Crippen molar-refractivity contribution in [3.8, 4) is 39.1 Å². The third-order valence-corrected chi connectivity index (χ3v) is 5.98. The molecule has 0 spiro atoms. The van der Waals surface area contributed by atoms with E-state index in [-0.39, 0.29) is 5.75 Å². The quantitative estimate of drug-likeness (QED) is 0.268. The van der Waals surface area contributed by atoms with Crippen LogP contribution in [0.3, 0.4) is 0 Å². The van der Waals surface area contributed by atoms with Gasteiger partial charge < -0.3 is 19.3 Å². The van der Waals surface area contributed by atoms with Crippen LogP contribution in [0, 0.1) is 0 Å². The molecule has 0 unspecified atom stereocenters. The minimum atomic E-state index is -0.457. The van der Waals surface area contributed by atoms with Crippen molar-refractivity contribution in [1.82, 2.24) is 0 Å². The van der Waals surface area contributed by atoms with E-state index < -0.39 is 17.9 Å². The van der Waals surface area contributed by atoms with Crippen molar-refractivity contribution in [2.75, 3.05) is 21.3 Å². The predicted molar refractivity (Wildman–Crippen MR) is 138 cm³/mol. The van der Waals surface area contributed by atoms with Crippen molar-refractivity contribution in [3.63, 3.8) is 0 Å². The summed E-state index contributed by atoms with van der Waals surface area (Å²) < 4.78 is 14.3. The zero-order valence-electron chi connectivity index (χ0n) is 20.5. The van der Waals surface area contributed by atoms with E-state index in [1.54, 1.807) is 72.8 Å². The first-order chi connectivity index (χ1) is 17.9. The van der Waals surface area contributed by atoms with Crippen LogP contribution in [0.25, 0.3) is 33.4 Å². The first-order valence-corrected chi connectivity index (χ1v) is 11.3. The molecular weight excluding hydrogens is 472 g/mol. The molecule has 37 heavy (non-hydrogen) atoms. The molecule has 0 heterocycles. The van der Waals surface area contributed by atoms with Gasteiger partial charge in [-0.3, -0.25) is 0 Å². The third-order valence-electron chi connectivity index (χ3n) is 5.98. The van der Waals surface area contributed by atoms with Crippen LogP contribution in [0.2, 0.25) is 0 Å². The molecule has 1 N–H and O–H groups in total. The standard InChI is InChI=1S/C30H24O7/c1-35-28(32)21-10-4-18(5-11-21)24-16-25(19-6-12-22(13-7-19)29(33)36-2)27(31)26(17-24)20-8-14-23(15-9-20)30(34)37-3/h4-17,31H,1-3H3. The number of esters is 3. The molecule has 4 aromatic rings. The van der Waals surface area contributed by atoms with Gasteiger partial charge in [-0.2, -0.15) is 0 Å². The molecule has 0 aromatic heterocycles. The Bertz CT molecular complexity index is 1370. The van der Waals surface area contributed by atoms with Crippen LogP contribution in [0.5, 0.6) is 5.75 Å². The van der Waals surface area contributed by atoms with Gasteiger partial charge in [-0.25, -0.2) is 14.4 Å². The number of carbonyl (C=O) groups excluding carboxylic acids is 3. The van der Waals surface area contributed by atoms with Gasteiger partial charge in [0, 0.05) is 11.1 Å². The Hall–Kier alpha value is -4.91. The van der Waals surface area contributed by atoms with Gasteiger partial charge >= 0.3 is 17.9 Å². The van der Waals surface area contributed by atoms with E-state index in [0.29, 0.717) is 38.9 Å². The summed E-state index contributed by atoms with van der Waals surface area (Å²) in [5.41, 5.74) is 5.24. The van der Waals surface area contributed by atoms with Crippen molar-refractivity contribution in [2.24, 2.45) is 0 Å². The molecule has 4 rings (SSSR count). The van der Waals surface area contributed by atoms with Crippen molar-refractivity contribution in [3.05, 3.63) is 102 Å². The smallest absolute Gasteiger partial charge is 0.337 e. The van der Waals surface area contributed by atoms with E-state index in [2.05, 4.69) is 0 Å². The Morgan fingerprint density at radius 2 is 0.784 bits per heavy atom. The Labute approximate surface area is 213 Å². The average Bonchev–Trinajstić information content (AvgIpc) is 2.96. The largest absolute Gasteiger partial charge is 0.507 e. The highest BCUT2D eigenvalue weighted by Crippen LogP contribution is 2.42. The lowest BCUT2D eigenvalue weighted by Gasteiger charge is -2.15. The van der Waals surface area contributed by atoms with Gasteiger partial charge in [-0.05, 0) is 70.8 Å². The number of hydrogen-bond donors (Lipinski definition) is 1. The maximum atomic E-state index is 11.9. The highest BCUT2D eigenvalue weighted by atomic mass is 16.5. The van der Waals surface area contributed by atoms with Crippen molar-refractivity contribution < 1.29 is 33.7 Å². The van der Waals surface area contributed by atoms with Crippen LogP contribution < -0.4 is 0 Å². The molecule has 0 radical (unpaired) electrons. The van der Waals surface area contributed by atoms with E-state index in [1.807, 2.05) is 12.1 Å². The minimum absolute atomic E-state index is 0.0339. The Kier molecular flexibility index (Phi) is 7.34. The number of carbonyl (C=O) groups is 3. The Morgan fingerprint density at radius 3 is 1.08 bits per heavy atom. The predicted octanol–water partition coefficient (Wildman–Crippen LogP) is 5.75. The van der Waals surface area contributed by atoms with Crippen LogP contribution >= 0.6 is 0 Å². The number of hydrogen-bond acceptors (Lipinski definition) is 7. The van der Waals surface area contributed by atoms with E-state index in [0.717, 1.165) is 11.1 Å². The Balaban J connectivity index is 1.86. The first kappa shape index (κ1) is 25.2. The number of ether oxygens (including phenoxy) is 3. The highest BCUT2D eigenvalue weighted by molar-refractivity contribution is 5.94. The maximum absolute atomic E-state index is 11.9. The third kappa shape index (κ3) is 5.21. The minimum Gasteiger partial charge on any atom is -0.507 e. The van der Waals surface area contributed by atoms with Crippen molar-refractivity contribution in [2.45, 2.75) is 0 Å². The molecule has 0 bridgehead atoms. The number of rotatable bonds is 6. The normalized spacial score (nSPS) is 10.5. The summed E-state index contributed by atoms with van der Waals surface area (Å²) in [6, 6.07) is 24.0. The lowest BCUT2D eigenvalue weighted by atomic mass is 9.91. The fourth-order valence-corrected chi connectivity index (χ4v) is 3.97. The van der Waals surface area contributed by atoms with Gasteiger partial charge in [0.05, 0.1) is 38.0 Å². The molecule has 0 saturated carbocycles. The molecular formula is C30H24O7. The Morgan fingerprint density at radius 1 is 0.486 bits per heavy atom. The first-order valence-electron chi connectivity index (χ1n) is 11.3. The topological polar surface area (TPSA) is 99.1 Å². The van der Waals surface area contributed by atoms with Gasteiger partial charge in [-0.1, -0.05) is 36.4 Å². The van der Waals surface area contributed by atoms with E-state index in [9.17, 15) is 19.5 Å². The van der Waals surface area contributed by atoms with Gasteiger partial charge in [0.1, 0.15) is 5.75 Å². The summed E-state index contributed by atoms with van der Waals surface area (Å²) in [5, 5.41) is 11.3. The van der Waals surface area contributed by atoms with Gasteiger partial charge in [-0.15, -0.1) is 0 Å². The van der Waals surface area contributed by atoms with Crippen LogP contribution in [-0.2, 0) is 14.2 Å². The summed E-state index contributed by atoms with van der Waals surface area (Å²) >= 11 is 0. The second kappa shape index (κ2) is 10.8. The fourth-order valence-electron chi connectivity index (χ4n) is 3.97. The number of aromatic hydroxyl groups is 1. The molecule has 0 fully saturated rings. The summed E-state index contributed by atoms with van der Waals surface area (Å²) in [6.07, 6.45) is 0. The highest BCUT2D eigenvalue weighted by Gasteiger charge is 2.17. The molecule has 0 atom stereocenters. The number of methoxy groups -OCH3 is 3. The average molecular weight is 497 g/mol. The van der Waals surface area contributed by atoms with E-state index in [1.165, 1.54) is 21.3 Å². The summed E-state index contributed by atoms with van der Waals surface area (Å²) in [7, 11) is 3.95. The number of phenolic OH excluding ortho intramolecular Hbond substituents is 1. The van der Waals surface area contributed by atoms with Gasteiger partial charge in [0.25, 0.3) is 0 Å². The monoisotopic (exact) mass is 496 g/mol. The molecule has 7 nitrogen and oxygen atoms in total. The van der Waals surface area contributed by atoms with E-state index in [4.69, 9.17) is 14.2 Å².